The number of piperidine rings is 1. The highest BCUT2D eigenvalue weighted by atomic mass is 19.1. The molecule has 4 unspecified atom stereocenters. The zero-order valence-corrected chi connectivity index (χ0v) is 13.0. The molecule has 4 atom stereocenters. The quantitative estimate of drug-likeness (QED) is 0.768. The van der Waals surface area contributed by atoms with Gasteiger partial charge in [-0.3, -0.25) is 20.2 Å². The maximum atomic E-state index is 13.1. The molecule has 2 aliphatic rings. The van der Waals surface area contributed by atoms with Crippen molar-refractivity contribution in [3.63, 3.8) is 0 Å². The highest BCUT2D eigenvalue weighted by Crippen LogP contribution is 2.37. The van der Waals surface area contributed by atoms with Crippen molar-refractivity contribution in [3.05, 3.63) is 35.6 Å². The number of halogens is 1. The Morgan fingerprint density at radius 2 is 2.00 bits per heavy atom. The Hall–Kier alpha value is -2.48. The molecule has 0 aromatic heterocycles. The SMILES string of the molecule is CCN1C(=O)NC(=O)C2C(C(=O)O)CC(c3ccc(F)cc3)NC21. The molecule has 1 aromatic carbocycles. The first kappa shape index (κ1) is 16.4. The van der Waals surface area contributed by atoms with E-state index >= 15 is 0 Å². The predicted molar refractivity (Wildman–Crippen MR) is 81.2 cm³/mol. The molecule has 0 aliphatic carbocycles. The number of carboxylic acid groups (broad SMARTS) is 1. The monoisotopic (exact) mass is 335 g/mol. The number of aliphatic carboxylic acids is 1. The number of imide groups is 1. The van der Waals surface area contributed by atoms with Gasteiger partial charge in [-0.25, -0.2) is 9.18 Å². The molecule has 24 heavy (non-hydrogen) atoms. The fourth-order valence-electron chi connectivity index (χ4n) is 3.52. The van der Waals surface area contributed by atoms with Gasteiger partial charge in [0.15, 0.2) is 0 Å². The number of hydrogen-bond acceptors (Lipinski definition) is 4. The average molecular weight is 335 g/mol. The topological polar surface area (TPSA) is 98.7 Å². The largest absolute Gasteiger partial charge is 0.481 e. The zero-order chi connectivity index (χ0) is 17.4. The number of rotatable bonds is 3. The molecule has 7 nitrogen and oxygen atoms in total. The molecule has 2 saturated heterocycles. The van der Waals surface area contributed by atoms with Crippen LogP contribution in [0.15, 0.2) is 24.3 Å². The maximum Gasteiger partial charge on any atom is 0.325 e. The van der Waals surface area contributed by atoms with Gasteiger partial charge < -0.3 is 10.0 Å². The second kappa shape index (κ2) is 6.20. The molecule has 128 valence electrons. The first-order valence-corrected chi connectivity index (χ1v) is 7.78. The number of fused-ring (bicyclic) bond motifs is 1. The minimum atomic E-state index is -1.08. The van der Waals surface area contributed by atoms with Gasteiger partial charge in [-0.2, -0.15) is 0 Å². The fraction of sp³-hybridized carbons (Fsp3) is 0.438. The van der Waals surface area contributed by atoms with Gasteiger partial charge in [-0.15, -0.1) is 0 Å². The molecular weight excluding hydrogens is 317 g/mol. The van der Waals surface area contributed by atoms with Crippen molar-refractivity contribution in [2.24, 2.45) is 11.8 Å². The van der Waals surface area contributed by atoms with Crippen LogP contribution in [0.25, 0.3) is 0 Å². The van der Waals surface area contributed by atoms with E-state index in [2.05, 4.69) is 10.6 Å². The van der Waals surface area contributed by atoms with Crippen LogP contribution in [0.4, 0.5) is 9.18 Å². The smallest absolute Gasteiger partial charge is 0.325 e. The number of benzene rings is 1. The zero-order valence-electron chi connectivity index (χ0n) is 13.0. The lowest BCUT2D eigenvalue weighted by Crippen LogP contribution is -2.69. The van der Waals surface area contributed by atoms with Gasteiger partial charge in [0.05, 0.1) is 18.0 Å². The van der Waals surface area contributed by atoms with E-state index in [1.54, 1.807) is 19.1 Å². The summed E-state index contributed by atoms with van der Waals surface area (Å²) in [6.45, 7) is 2.08. The van der Waals surface area contributed by atoms with Gasteiger partial charge in [0.2, 0.25) is 5.91 Å². The van der Waals surface area contributed by atoms with Crippen LogP contribution in [-0.4, -0.2) is 40.6 Å². The number of nitrogens with zero attached hydrogens (tertiary/aromatic N) is 1. The first-order chi connectivity index (χ1) is 11.4. The van der Waals surface area contributed by atoms with Crippen LogP contribution >= 0.6 is 0 Å². The number of nitrogens with one attached hydrogen (secondary N) is 2. The van der Waals surface area contributed by atoms with Crippen LogP contribution in [-0.2, 0) is 9.59 Å². The Bertz CT molecular complexity index is 678. The molecule has 3 rings (SSSR count). The van der Waals surface area contributed by atoms with E-state index in [1.165, 1.54) is 17.0 Å². The molecule has 2 aliphatic heterocycles. The lowest BCUT2D eigenvalue weighted by molar-refractivity contribution is -0.154. The van der Waals surface area contributed by atoms with Gasteiger partial charge in [0.25, 0.3) is 0 Å². The van der Waals surface area contributed by atoms with Gasteiger partial charge in [0, 0.05) is 12.6 Å². The molecule has 1 aromatic rings. The van der Waals surface area contributed by atoms with E-state index < -0.39 is 35.9 Å². The summed E-state index contributed by atoms with van der Waals surface area (Å²) >= 11 is 0. The van der Waals surface area contributed by atoms with Gasteiger partial charge >= 0.3 is 12.0 Å². The minimum absolute atomic E-state index is 0.182. The Morgan fingerprint density at radius 1 is 1.33 bits per heavy atom. The molecule has 0 radical (unpaired) electrons. The van der Waals surface area contributed by atoms with Crippen LogP contribution < -0.4 is 10.6 Å². The Labute approximate surface area is 137 Å². The van der Waals surface area contributed by atoms with Crippen LogP contribution in [0.3, 0.4) is 0 Å². The van der Waals surface area contributed by atoms with Crippen molar-refractivity contribution in [2.75, 3.05) is 6.54 Å². The predicted octanol–water partition coefficient (Wildman–Crippen LogP) is 1.07. The molecule has 0 bridgehead atoms. The molecule has 3 N–H and O–H groups in total. The number of carbonyl (C=O) groups is 3. The standard InChI is InChI=1S/C16H18FN3O4/c1-2-20-13-12(14(21)19-16(20)24)10(15(22)23)7-11(18-13)8-3-5-9(17)6-4-8/h3-6,10-13,18H,2,7H2,1H3,(H,22,23)(H,19,21,24). The van der Waals surface area contributed by atoms with E-state index in [1.807, 2.05) is 0 Å². The van der Waals surface area contributed by atoms with Crippen LogP contribution in [0.2, 0.25) is 0 Å². The number of urea groups is 1. The van der Waals surface area contributed by atoms with Crippen molar-refractivity contribution < 1.29 is 23.9 Å². The maximum absolute atomic E-state index is 13.1. The van der Waals surface area contributed by atoms with Crippen molar-refractivity contribution >= 4 is 17.9 Å². The molecule has 2 fully saturated rings. The lowest BCUT2D eigenvalue weighted by atomic mass is 9.77. The molecular formula is C16H18FN3O4. The summed E-state index contributed by atoms with van der Waals surface area (Å²) in [6.07, 6.45) is -0.525. The number of amides is 3. The van der Waals surface area contributed by atoms with Crippen molar-refractivity contribution in [3.8, 4) is 0 Å². The summed E-state index contributed by atoms with van der Waals surface area (Å²) in [5, 5.41) is 15.0. The molecule has 3 amide bonds. The Kier molecular flexibility index (Phi) is 4.23. The van der Waals surface area contributed by atoms with Gasteiger partial charge in [-0.1, -0.05) is 12.1 Å². The number of hydrogen-bond donors (Lipinski definition) is 3. The first-order valence-electron chi connectivity index (χ1n) is 7.78. The molecule has 0 spiro atoms. The summed E-state index contributed by atoms with van der Waals surface area (Å²) < 4.78 is 13.1. The van der Waals surface area contributed by atoms with E-state index in [9.17, 15) is 23.9 Å². The van der Waals surface area contributed by atoms with Gasteiger partial charge in [-0.05, 0) is 31.0 Å². The molecule has 8 heteroatoms. The molecule has 0 saturated carbocycles. The third kappa shape index (κ3) is 2.73. The number of carboxylic acids is 1. The second-order valence-corrected chi connectivity index (χ2v) is 6.00. The highest BCUT2D eigenvalue weighted by Gasteiger charge is 2.51. The third-order valence-corrected chi connectivity index (χ3v) is 4.70. The average Bonchev–Trinajstić information content (AvgIpc) is 2.54. The summed E-state index contributed by atoms with van der Waals surface area (Å²) in [6, 6.07) is 4.83. The van der Waals surface area contributed by atoms with Crippen molar-refractivity contribution in [2.45, 2.75) is 25.6 Å². The summed E-state index contributed by atoms with van der Waals surface area (Å²) in [5.41, 5.74) is 0.718. The van der Waals surface area contributed by atoms with E-state index in [0.717, 1.165) is 5.56 Å². The molecule has 2 heterocycles. The summed E-state index contributed by atoms with van der Waals surface area (Å²) in [7, 11) is 0. The summed E-state index contributed by atoms with van der Waals surface area (Å²) in [5.74, 6) is -3.85. The van der Waals surface area contributed by atoms with Crippen LogP contribution in [0.5, 0.6) is 0 Å². The van der Waals surface area contributed by atoms with Crippen LogP contribution in [0, 0.1) is 17.7 Å². The van der Waals surface area contributed by atoms with E-state index in [-0.39, 0.29) is 18.3 Å². The van der Waals surface area contributed by atoms with Gasteiger partial charge in [0.1, 0.15) is 5.82 Å². The Balaban J connectivity index is 1.96. The van der Waals surface area contributed by atoms with Crippen molar-refractivity contribution in [1.82, 2.24) is 15.5 Å². The highest BCUT2D eigenvalue weighted by molar-refractivity contribution is 6.00. The van der Waals surface area contributed by atoms with Crippen molar-refractivity contribution in [1.29, 1.82) is 0 Å². The van der Waals surface area contributed by atoms with E-state index in [4.69, 9.17) is 0 Å². The van der Waals surface area contributed by atoms with E-state index in [0.29, 0.717) is 6.54 Å². The lowest BCUT2D eigenvalue weighted by Gasteiger charge is -2.47. The number of carbonyl (C=O) groups excluding carboxylic acids is 2. The normalized spacial score (nSPS) is 29.8. The fourth-order valence-corrected chi connectivity index (χ4v) is 3.52. The van der Waals surface area contributed by atoms with Crippen LogP contribution in [0.1, 0.15) is 24.9 Å². The minimum Gasteiger partial charge on any atom is -0.481 e. The summed E-state index contributed by atoms with van der Waals surface area (Å²) in [4.78, 5) is 37.3. The third-order valence-electron chi connectivity index (χ3n) is 4.70. The Morgan fingerprint density at radius 3 is 2.58 bits per heavy atom. The second-order valence-electron chi connectivity index (χ2n) is 6.00.